The van der Waals surface area contributed by atoms with Gasteiger partial charge in [0.1, 0.15) is 12.0 Å². The number of rotatable bonds is 3. The molecule has 0 bridgehead atoms. The maximum absolute atomic E-state index is 10.6. The Morgan fingerprint density at radius 2 is 2.28 bits per heavy atom. The van der Waals surface area contributed by atoms with Gasteiger partial charge in [0, 0.05) is 36.2 Å². The van der Waals surface area contributed by atoms with Gasteiger partial charge in [-0.2, -0.15) is 0 Å². The summed E-state index contributed by atoms with van der Waals surface area (Å²) in [6.07, 6.45) is 8.55. The van der Waals surface area contributed by atoms with E-state index in [1.807, 2.05) is 17.8 Å². The Morgan fingerprint density at radius 3 is 2.94 bits per heavy atom. The summed E-state index contributed by atoms with van der Waals surface area (Å²) in [5, 5.41) is 9.71. The van der Waals surface area contributed by atoms with Crippen molar-refractivity contribution in [3.05, 3.63) is 29.9 Å². The number of aliphatic carboxylic acids is 1. The Kier molecular flexibility index (Phi) is 2.40. The summed E-state index contributed by atoms with van der Waals surface area (Å²) in [5.74, 6) is -0.438. The first kappa shape index (κ1) is 11.0. The van der Waals surface area contributed by atoms with E-state index in [1.54, 1.807) is 12.4 Å². The number of carboxylic acids is 1. The second-order valence-corrected chi connectivity index (χ2v) is 4.60. The molecule has 2 heterocycles. The highest BCUT2D eigenvalue weighted by Crippen LogP contribution is 2.42. The SMILES string of the molecule is Cn1cc(/C=C/C(=O)O)c2c(C3CC3)ncnc21. The van der Waals surface area contributed by atoms with Crippen molar-refractivity contribution in [3.8, 4) is 0 Å². The smallest absolute Gasteiger partial charge is 0.328 e. The highest BCUT2D eigenvalue weighted by Gasteiger charge is 2.28. The molecule has 18 heavy (non-hydrogen) atoms. The van der Waals surface area contributed by atoms with Crippen LogP contribution in [-0.2, 0) is 11.8 Å². The molecule has 0 aliphatic heterocycles. The van der Waals surface area contributed by atoms with Crippen LogP contribution in [0.25, 0.3) is 17.1 Å². The highest BCUT2D eigenvalue weighted by atomic mass is 16.4. The molecule has 0 saturated heterocycles. The van der Waals surface area contributed by atoms with Crippen molar-refractivity contribution in [3.63, 3.8) is 0 Å². The number of fused-ring (bicyclic) bond motifs is 1. The molecule has 0 unspecified atom stereocenters. The van der Waals surface area contributed by atoms with Gasteiger partial charge in [-0.25, -0.2) is 14.8 Å². The first-order chi connectivity index (χ1) is 8.66. The molecule has 2 aromatic heterocycles. The fourth-order valence-electron chi connectivity index (χ4n) is 2.22. The Balaban J connectivity index is 2.21. The Morgan fingerprint density at radius 1 is 1.50 bits per heavy atom. The van der Waals surface area contributed by atoms with E-state index in [-0.39, 0.29) is 0 Å². The summed E-state index contributed by atoms with van der Waals surface area (Å²) in [6.45, 7) is 0. The van der Waals surface area contributed by atoms with Crippen LogP contribution in [0.15, 0.2) is 18.6 Å². The number of nitrogens with zero attached hydrogens (tertiary/aromatic N) is 3. The number of carbonyl (C=O) groups is 1. The van der Waals surface area contributed by atoms with E-state index >= 15 is 0 Å². The maximum atomic E-state index is 10.6. The second-order valence-electron chi connectivity index (χ2n) is 4.60. The van der Waals surface area contributed by atoms with Crippen LogP contribution in [0.1, 0.15) is 30.0 Å². The van der Waals surface area contributed by atoms with E-state index in [0.29, 0.717) is 5.92 Å². The van der Waals surface area contributed by atoms with Crippen molar-refractivity contribution in [1.29, 1.82) is 0 Å². The molecule has 0 spiro atoms. The minimum atomic E-state index is -0.947. The van der Waals surface area contributed by atoms with E-state index in [9.17, 15) is 4.79 Å². The molecule has 92 valence electrons. The van der Waals surface area contributed by atoms with Crippen molar-refractivity contribution in [2.45, 2.75) is 18.8 Å². The van der Waals surface area contributed by atoms with Crippen molar-refractivity contribution in [2.75, 3.05) is 0 Å². The molecule has 5 nitrogen and oxygen atoms in total. The maximum Gasteiger partial charge on any atom is 0.328 e. The number of aryl methyl sites for hydroxylation is 1. The molecule has 5 heteroatoms. The lowest BCUT2D eigenvalue weighted by molar-refractivity contribution is -0.131. The lowest BCUT2D eigenvalue weighted by Gasteiger charge is -2.00. The first-order valence-electron chi connectivity index (χ1n) is 5.87. The molecular weight excluding hydrogens is 230 g/mol. The predicted octanol–water partition coefficient (Wildman–Crippen LogP) is 1.94. The zero-order valence-electron chi connectivity index (χ0n) is 10.00. The molecule has 1 N–H and O–H groups in total. The number of aromatic nitrogens is 3. The van der Waals surface area contributed by atoms with Gasteiger partial charge in [0.05, 0.1) is 5.69 Å². The largest absolute Gasteiger partial charge is 0.478 e. The quantitative estimate of drug-likeness (QED) is 0.836. The van der Waals surface area contributed by atoms with Crippen molar-refractivity contribution in [2.24, 2.45) is 7.05 Å². The summed E-state index contributed by atoms with van der Waals surface area (Å²) >= 11 is 0. The second kappa shape index (κ2) is 3.94. The summed E-state index contributed by atoms with van der Waals surface area (Å²) in [4.78, 5) is 19.3. The lowest BCUT2D eigenvalue weighted by atomic mass is 10.1. The van der Waals surface area contributed by atoms with Gasteiger partial charge in [-0.05, 0) is 18.9 Å². The van der Waals surface area contributed by atoms with Gasteiger partial charge < -0.3 is 9.67 Å². The van der Waals surface area contributed by atoms with Gasteiger partial charge >= 0.3 is 5.97 Å². The average molecular weight is 243 g/mol. The highest BCUT2D eigenvalue weighted by molar-refractivity contribution is 5.93. The minimum absolute atomic E-state index is 0.509. The van der Waals surface area contributed by atoms with Crippen LogP contribution >= 0.6 is 0 Å². The number of hydrogen-bond acceptors (Lipinski definition) is 3. The third kappa shape index (κ3) is 1.77. The van der Waals surface area contributed by atoms with Gasteiger partial charge in [0.25, 0.3) is 0 Å². The molecule has 1 aliphatic rings. The van der Waals surface area contributed by atoms with Crippen LogP contribution in [0.3, 0.4) is 0 Å². The van der Waals surface area contributed by atoms with E-state index in [1.165, 1.54) is 0 Å². The van der Waals surface area contributed by atoms with Gasteiger partial charge in [0.2, 0.25) is 0 Å². The minimum Gasteiger partial charge on any atom is -0.478 e. The lowest BCUT2D eigenvalue weighted by Crippen LogP contribution is -1.93. The topological polar surface area (TPSA) is 68.0 Å². The molecule has 0 aromatic carbocycles. The van der Waals surface area contributed by atoms with Gasteiger partial charge in [-0.15, -0.1) is 0 Å². The van der Waals surface area contributed by atoms with Gasteiger partial charge in [-0.3, -0.25) is 0 Å². The van der Waals surface area contributed by atoms with E-state index < -0.39 is 5.97 Å². The van der Waals surface area contributed by atoms with Crippen LogP contribution < -0.4 is 0 Å². The van der Waals surface area contributed by atoms with E-state index in [0.717, 1.165) is 41.2 Å². The zero-order valence-corrected chi connectivity index (χ0v) is 10.00. The van der Waals surface area contributed by atoms with E-state index in [2.05, 4.69) is 9.97 Å². The third-order valence-corrected chi connectivity index (χ3v) is 3.18. The standard InChI is InChI=1S/C13H13N3O2/c1-16-6-9(4-5-10(17)18)11-12(8-2-3-8)14-7-15-13(11)16/h4-8H,2-3H2,1H3,(H,17,18)/b5-4+. The summed E-state index contributed by atoms with van der Waals surface area (Å²) in [6, 6.07) is 0. The molecule has 0 radical (unpaired) electrons. The van der Waals surface area contributed by atoms with Crippen LogP contribution in [0, 0.1) is 0 Å². The Hall–Kier alpha value is -2.17. The van der Waals surface area contributed by atoms with Gasteiger partial charge in [-0.1, -0.05) is 0 Å². The third-order valence-electron chi connectivity index (χ3n) is 3.18. The number of hydrogen-bond donors (Lipinski definition) is 1. The normalized spacial score (nSPS) is 15.6. The first-order valence-corrected chi connectivity index (χ1v) is 5.87. The van der Waals surface area contributed by atoms with Crippen LogP contribution in [0.4, 0.5) is 0 Å². The summed E-state index contributed by atoms with van der Waals surface area (Å²) in [5.41, 5.74) is 2.78. The van der Waals surface area contributed by atoms with Crippen LogP contribution in [-0.4, -0.2) is 25.6 Å². The van der Waals surface area contributed by atoms with Crippen molar-refractivity contribution >= 4 is 23.1 Å². The van der Waals surface area contributed by atoms with Crippen molar-refractivity contribution in [1.82, 2.24) is 14.5 Å². The van der Waals surface area contributed by atoms with Gasteiger partial charge in [0.15, 0.2) is 0 Å². The fourth-order valence-corrected chi connectivity index (χ4v) is 2.22. The molecular formula is C13H13N3O2. The molecule has 2 aromatic rings. The van der Waals surface area contributed by atoms with Crippen LogP contribution in [0.5, 0.6) is 0 Å². The predicted molar refractivity (Wildman–Crippen MR) is 67.2 cm³/mol. The Labute approximate surface area is 104 Å². The summed E-state index contributed by atoms with van der Waals surface area (Å²) < 4.78 is 1.91. The number of carboxylic acid groups (broad SMARTS) is 1. The molecule has 1 aliphatic carbocycles. The Bertz CT molecular complexity index is 654. The fraction of sp³-hybridized carbons (Fsp3) is 0.308. The van der Waals surface area contributed by atoms with Crippen LogP contribution in [0.2, 0.25) is 0 Å². The van der Waals surface area contributed by atoms with E-state index in [4.69, 9.17) is 5.11 Å². The molecule has 0 atom stereocenters. The molecule has 1 fully saturated rings. The molecule has 1 saturated carbocycles. The average Bonchev–Trinajstić information content (AvgIpc) is 3.13. The van der Waals surface area contributed by atoms with Crippen molar-refractivity contribution < 1.29 is 9.90 Å². The summed E-state index contributed by atoms with van der Waals surface area (Å²) in [7, 11) is 1.91. The zero-order chi connectivity index (χ0) is 12.7. The molecule has 0 amide bonds. The monoisotopic (exact) mass is 243 g/mol. The molecule has 3 rings (SSSR count).